The number of aryl methyl sites for hydroxylation is 1. The molecule has 0 aliphatic carbocycles. The highest BCUT2D eigenvalue weighted by atomic mass is 14.9. The van der Waals surface area contributed by atoms with Gasteiger partial charge in [-0.25, -0.2) is 9.97 Å². The van der Waals surface area contributed by atoms with Crippen LogP contribution in [0.25, 0.3) is 44.6 Å². The average Bonchev–Trinajstić information content (AvgIpc) is 3.31. The highest BCUT2D eigenvalue weighted by Crippen LogP contribution is 2.28. The van der Waals surface area contributed by atoms with Crippen LogP contribution < -0.4 is 0 Å². The molecule has 0 atom stereocenters. The normalized spacial score (nSPS) is 11.4. The molecular formula is C22H18N4. The van der Waals surface area contributed by atoms with E-state index in [1.54, 1.807) is 0 Å². The molecule has 0 unspecified atom stereocenters. The van der Waals surface area contributed by atoms with E-state index >= 15 is 0 Å². The van der Waals surface area contributed by atoms with E-state index in [2.05, 4.69) is 70.4 Å². The van der Waals surface area contributed by atoms with Crippen LogP contribution in [-0.4, -0.2) is 19.9 Å². The molecule has 0 fully saturated rings. The number of H-pyrrole nitrogens is 2. The second-order valence-electron chi connectivity index (χ2n) is 6.45. The fourth-order valence-electron chi connectivity index (χ4n) is 3.33. The van der Waals surface area contributed by atoms with Crippen molar-refractivity contribution in [1.29, 1.82) is 0 Å². The summed E-state index contributed by atoms with van der Waals surface area (Å²) < 4.78 is 0. The molecule has 126 valence electrons. The van der Waals surface area contributed by atoms with Gasteiger partial charge in [0.25, 0.3) is 0 Å². The van der Waals surface area contributed by atoms with Crippen LogP contribution in [0.5, 0.6) is 0 Å². The second-order valence-corrected chi connectivity index (χ2v) is 6.45. The van der Waals surface area contributed by atoms with E-state index in [1.807, 2.05) is 18.2 Å². The van der Waals surface area contributed by atoms with E-state index in [0.29, 0.717) is 0 Å². The molecule has 0 aliphatic rings. The number of nitrogens with one attached hydrogen (secondary N) is 2. The predicted octanol–water partition coefficient (Wildman–Crippen LogP) is 5.34. The molecule has 4 nitrogen and oxygen atoms in total. The molecule has 0 amide bonds. The fourth-order valence-corrected chi connectivity index (χ4v) is 3.33. The SMILES string of the molecule is CCc1nc2ccc(-c3ccc4nc(-c5ccccc5)[nH]c4c3)cc2[nH]1. The molecule has 0 saturated carbocycles. The van der Waals surface area contributed by atoms with Gasteiger partial charge < -0.3 is 9.97 Å². The van der Waals surface area contributed by atoms with Crippen LogP contribution in [-0.2, 0) is 6.42 Å². The maximum atomic E-state index is 4.71. The summed E-state index contributed by atoms with van der Waals surface area (Å²) in [6.45, 7) is 2.11. The lowest BCUT2D eigenvalue weighted by Crippen LogP contribution is -1.80. The van der Waals surface area contributed by atoms with Crippen LogP contribution in [0.1, 0.15) is 12.7 Å². The van der Waals surface area contributed by atoms with E-state index in [1.165, 1.54) is 5.56 Å². The topological polar surface area (TPSA) is 57.4 Å². The minimum Gasteiger partial charge on any atom is -0.342 e. The zero-order valence-corrected chi connectivity index (χ0v) is 14.5. The number of nitrogens with zero attached hydrogens (tertiary/aromatic N) is 2. The Hall–Kier alpha value is -3.40. The number of hydrogen-bond acceptors (Lipinski definition) is 2. The van der Waals surface area contributed by atoms with Gasteiger partial charge in [0.15, 0.2) is 0 Å². The standard InChI is InChI=1S/C22H18N4/c1-2-21-23-17-10-8-15(12-19(17)24-21)16-9-11-18-20(13-16)26-22(25-18)14-6-4-3-5-7-14/h3-13H,2H2,1H3,(H,23,24)(H,25,26). The number of aromatic amines is 2. The Kier molecular flexibility index (Phi) is 3.35. The molecule has 0 radical (unpaired) electrons. The lowest BCUT2D eigenvalue weighted by molar-refractivity contribution is 1.00. The lowest BCUT2D eigenvalue weighted by atomic mass is 10.0. The summed E-state index contributed by atoms with van der Waals surface area (Å²) >= 11 is 0. The third-order valence-electron chi connectivity index (χ3n) is 4.73. The van der Waals surface area contributed by atoms with Crippen LogP contribution in [0.4, 0.5) is 0 Å². The molecule has 2 heterocycles. The van der Waals surface area contributed by atoms with E-state index in [-0.39, 0.29) is 0 Å². The van der Waals surface area contributed by atoms with Crippen LogP contribution in [0.2, 0.25) is 0 Å². The molecule has 3 aromatic carbocycles. The Morgan fingerprint density at radius 2 is 1.35 bits per heavy atom. The van der Waals surface area contributed by atoms with Crippen LogP contribution in [0, 0.1) is 0 Å². The molecular weight excluding hydrogens is 320 g/mol. The highest BCUT2D eigenvalue weighted by Gasteiger charge is 2.08. The van der Waals surface area contributed by atoms with E-state index in [0.717, 1.165) is 51.3 Å². The summed E-state index contributed by atoms with van der Waals surface area (Å²) in [5.41, 5.74) is 7.53. The first-order valence-corrected chi connectivity index (χ1v) is 8.84. The summed E-state index contributed by atoms with van der Waals surface area (Å²) in [6, 6.07) is 22.9. The number of benzene rings is 3. The average molecular weight is 338 g/mol. The van der Waals surface area contributed by atoms with Gasteiger partial charge in [0.1, 0.15) is 11.6 Å². The fraction of sp³-hybridized carbons (Fsp3) is 0.0909. The Balaban J connectivity index is 1.59. The van der Waals surface area contributed by atoms with E-state index in [4.69, 9.17) is 4.98 Å². The zero-order valence-electron chi connectivity index (χ0n) is 14.5. The van der Waals surface area contributed by atoms with Gasteiger partial charge >= 0.3 is 0 Å². The summed E-state index contributed by atoms with van der Waals surface area (Å²) in [5.74, 6) is 1.92. The quantitative estimate of drug-likeness (QED) is 0.467. The minimum atomic E-state index is 0.898. The molecule has 5 rings (SSSR count). The molecule has 0 spiro atoms. The number of hydrogen-bond donors (Lipinski definition) is 2. The molecule has 0 saturated heterocycles. The van der Waals surface area contributed by atoms with Crippen molar-refractivity contribution in [2.75, 3.05) is 0 Å². The van der Waals surface area contributed by atoms with Crippen molar-refractivity contribution in [3.05, 3.63) is 72.6 Å². The first kappa shape index (κ1) is 14.9. The van der Waals surface area contributed by atoms with Gasteiger partial charge in [0.05, 0.1) is 22.1 Å². The van der Waals surface area contributed by atoms with E-state index in [9.17, 15) is 0 Å². The van der Waals surface area contributed by atoms with Crippen molar-refractivity contribution in [1.82, 2.24) is 19.9 Å². The van der Waals surface area contributed by atoms with Crippen molar-refractivity contribution in [2.24, 2.45) is 0 Å². The van der Waals surface area contributed by atoms with Crippen molar-refractivity contribution in [3.63, 3.8) is 0 Å². The van der Waals surface area contributed by atoms with Crippen LogP contribution in [0.15, 0.2) is 66.7 Å². The Morgan fingerprint density at radius 3 is 2.04 bits per heavy atom. The highest BCUT2D eigenvalue weighted by molar-refractivity contribution is 5.87. The molecule has 0 bridgehead atoms. The Morgan fingerprint density at radius 1 is 0.692 bits per heavy atom. The molecule has 5 aromatic rings. The summed E-state index contributed by atoms with van der Waals surface area (Å²) in [5, 5.41) is 0. The van der Waals surface area contributed by atoms with Gasteiger partial charge in [-0.15, -0.1) is 0 Å². The lowest BCUT2D eigenvalue weighted by Gasteiger charge is -2.01. The number of aromatic nitrogens is 4. The third-order valence-corrected chi connectivity index (χ3v) is 4.73. The van der Waals surface area contributed by atoms with Crippen LogP contribution in [0.3, 0.4) is 0 Å². The van der Waals surface area contributed by atoms with Crippen molar-refractivity contribution in [3.8, 4) is 22.5 Å². The Labute approximate surface area is 150 Å². The summed E-state index contributed by atoms with van der Waals surface area (Å²) in [7, 11) is 0. The first-order chi connectivity index (χ1) is 12.8. The van der Waals surface area contributed by atoms with Crippen molar-refractivity contribution in [2.45, 2.75) is 13.3 Å². The number of imidazole rings is 2. The van der Waals surface area contributed by atoms with Crippen molar-refractivity contribution < 1.29 is 0 Å². The Bertz CT molecular complexity index is 1220. The van der Waals surface area contributed by atoms with Gasteiger partial charge in [-0.05, 0) is 35.4 Å². The maximum Gasteiger partial charge on any atom is 0.138 e. The number of fused-ring (bicyclic) bond motifs is 2. The third kappa shape index (κ3) is 2.47. The molecule has 4 heteroatoms. The predicted molar refractivity (Wildman–Crippen MR) is 106 cm³/mol. The number of rotatable bonds is 3. The molecule has 2 aromatic heterocycles. The molecule has 0 aliphatic heterocycles. The van der Waals surface area contributed by atoms with Gasteiger partial charge in [-0.2, -0.15) is 0 Å². The second kappa shape index (κ2) is 5.85. The minimum absolute atomic E-state index is 0.898. The smallest absolute Gasteiger partial charge is 0.138 e. The summed E-state index contributed by atoms with van der Waals surface area (Å²) in [6.07, 6.45) is 0.909. The van der Waals surface area contributed by atoms with Crippen molar-refractivity contribution >= 4 is 22.1 Å². The van der Waals surface area contributed by atoms with Crippen LogP contribution >= 0.6 is 0 Å². The van der Waals surface area contributed by atoms with Gasteiger partial charge in [0.2, 0.25) is 0 Å². The monoisotopic (exact) mass is 338 g/mol. The van der Waals surface area contributed by atoms with Gasteiger partial charge in [0, 0.05) is 12.0 Å². The van der Waals surface area contributed by atoms with E-state index < -0.39 is 0 Å². The molecule has 2 N–H and O–H groups in total. The van der Waals surface area contributed by atoms with Gasteiger partial charge in [-0.1, -0.05) is 49.4 Å². The maximum absolute atomic E-state index is 4.71. The summed E-state index contributed by atoms with van der Waals surface area (Å²) in [4.78, 5) is 16.1. The largest absolute Gasteiger partial charge is 0.342 e. The zero-order chi connectivity index (χ0) is 17.5. The molecule has 26 heavy (non-hydrogen) atoms. The first-order valence-electron chi connectivity index (χ1n) is 8.84. The van der Waals surface area contributed by atoms with Gasteiger partial charge in [-0.3, -0.25) is 0 Å².